The van der Waals surface area contributed by atoms with E-state index in [0.717, 1.165) is 19.4 Å². The zero-order valence-electron chi connectivity index (χ0n) is 10.5. The Bertz CT molecular complexity index is 232. The molecule has 0 bridgehead atoms. The maximum atomic E-state index is 12.9. The van der Waals surface area contributed by atoms with Crippen molar-refractivity contribution in [3.05, 3.63) is 0 Å². The fourth-order valence-corrected chi connectivity index (χ4v) is 2.49. The highest BCUT2D eigenvalue weighted by Gasteiger charge is 2.44. The molecule has 0 aromatic carbocycles. The fraction of sp³-hybridized carbons (Fsp3) is 1.00. The zero-order chi connectivity index (χ0) is 13.1. The SMILES string of the molecule is CCC1CN(C)CCCN1C(CN)C(F)(F)F. The Hall–Kier alpha value is -0.330. The molecule has 1 aliphatic rings. The second-order valence-electron chi connectivity index (χ2n) is 4.71. The first-order valence-electron chi connectivity index (χ1n) is 6.11. The van der Waals surface area contributed by atoms with Crippen molar-refractivity contribution in [2.24, 2.45) is 5.73 Å². The normalized spacial score (nSPS) is 26.8. The van der Waals surface area contributed by atoms with E-state index in [4.69, 9.17) is 5.73 Å². The van der Waals surface area contributed by atoms with Crippen LogP contribution in [0, 0.1) is 0 Å². The summed E-state index contributed by atoms with van der Waals surface area (Å²) in [7, 11) is 1.96. The van der Waals surface area contributed by atoms with Crippen molar-refractivity contribution in [1.29, 1.82) is 0 Å². The lowest BCUT2D eigenvalue weighted by Gasteiger charge is -2.37. The minimum atomic E-state index is -4.23. The van der Waals surface area contributed by atoms with Gasteiger partial charge in [-0.15, -0.1) is 0 Å². The summed E-state index contributed by atoms with van der Waals surface area (Å²) in [6, 6.07) is -1.56. The molecule has 0 aliphatic carbocycles. The average molecular weight is 253 g/mol. The summed E-state index contributed by atoms with van der Waals surface area (Å²) >= 11 is 0. The van der Waals surface area contributed by atoms with Crippen molar-refractivity contribution in [3.63, 3.8) is 0 Å². The van der Waals surface area contributed by atoms with Gasteiger partial charge in [0.2, 0.25) is 0 Å². The summed E-state index contributed by atoms with van der Waals surface area (Å²) in [5.74, 6) is 0. The molecule has 2 atom stereocenters. The lowest BCUT2D eigenvalue weighted by Crippen LogP contribution is -2.55. The van der Waals surface area contributed by atoms with Crippen molar-refractivity contribution >= 4 is 0 Å². The van der Waals surface area contributed by atoms with Crippen molar-refractivity contribution in [1.82, 2.24) is 9.80 Å². The van der Waals surface area contributed by atoms with Gasteiger partial charge in [0.1, 0.15) is 6.04 Å². The van der Waals surface area contributed by atoms with E-state index in [1.165, 1.54) is 0 Å². The molecule has 2 N–H and O–H groups in total. The monoisotopic (exact) mass is 253 g/mol. The highest BCUT2D eigenvalue weighted by atomic mass is 19.4. The van der Waals surface area contributed by atoms with Crippen molar-refractivity contribution in [3.8, 4) is 0 Å². The third kappa shape index (κ3) is 3.82. The molecule has 1 saturated heterocycles. The van der Waals surface area contributed by atoms with Crippen molar-refractivity contribution in [2.45, 2.75) is 38.0 Å². The minimum Gasteiger partial charge on any atom is -0.329 e. The van der Waals surface area contributed by atoms with Crippen LogP contribution in [0.15, 0.2) is 0 Å². The third-order valence-electron chi connectivity index (χ3n) is 3.42. The summed E-state index contributed by atoms with van der Waals surface area (Å²) in [6.07, 6.45) is -2.75. The zero-order valence-corrected chi connectivity index (χ0v) is 10.5. The Balaban J connectivity index is 2.83. The number of nitrogens with two attached hydrogens (primary N) is 1. The molecule has 0 spiro atoms. The Morgan fingerprint density at radius 3 is 2.47 bits per heavy atom. The fourth-order valence-electron chi connectivity index (χ4n) is 2.49. The van der Waals surface area contributed by atoms with Gasteiger partial charge in [-0.3, -0.25) is 4.90 Å². The second-order valence-corrected chi connectivity index (χ2v) is 4.71. The second kappa shape index (κ2) is 6.02. The van der Waals surface area contributed by atoms with E-state index in [1.807, 2.05) is 14.0 Å². The molecule has 1 aliphatic heterocycles. The van der Waals surface area contributed by atoms with Gasteiger partial charge >= 0.3 is 6.18 Å². The quantitative estimate of drug-likeness (QED) is 0.822. The number of rotatable bonds is 3. The molecular weight excluding hydrogens is 231 g/mol. The van der Waals surface area contributed by atoms with Gasteiger partial charge in [-0.25, -0.2) is 0 Å². The molecule has 2 unspecified atom stereocenters. The van der Waals surface area contributed by atoms with Crippen LogP contribution in [0.5, 0.6) is 0 Å². The Kier molecular flexibility index (Phi) is 5.22. The number of halogens is 3. The Labute approximate surface area is 101 Å². The summed E-state index contributed by atoms with van der Waals surface area (Å²) in [5, 5.41) is 0. The van der Waals surface area contributed by atoms with Gasteiger partial charge < -0.3 is 10.6 Å². The molecule has 0 aromatic rings. The van der Waals surface area contributed by atoms with Gasteiger partial charge in [0.25, 0.3) is 0 Å². The van der Waals surface area contributed by atoms with E-state index in [0.29, 0.717) is 13.1 Å². The lowest BCUT2D eigenvalue weighted by atomic mass is 10.1. The number of nitrogens with zero attached hydrogens (tertiary/aromatic N) is 2. The van der Waals surface area contributed by atoms with Crippen molar-refractivity contribution < 1.29 is 13.2 Å². The summed E-state index contributed by atoms with van der Waals surface area (Å²) in [4.78, 5) is 3.64. The van der Waals surface area contributed by atoms with E-state index < -0.39 is 12.2 Å². The van der Waals surface area contributed by atoms with Crippen LogP contribution in [0.1, 0.15) is 19.8 Å². The molecule has 1 fully saturated rings. The van der Waals surface area contributed by atoms with Gasteiger partial charge in [-0.05, 0) is 26.4 Å². The number of hydrogen-bond donors (Lipinski definition) is 1. The molecule has 0 radical (unpaired) electrons. The molecular formula is C11H22F3N3. The standard InChI is InChI=1S/C11H22F3N3/c1-3-9-8-16(2)5-4-6-17(9)10(7-15)11(12,13)14/h9-10H,3-8,15H2,1-2H3. The van der Waals surface area contributed by atoms with Crippen LogP contribution in [0.25, 0.3) is 0 Å². The maximum absolute atomic E-state index is 12.9. The highest BCUT2D eigenvalue weighted by molar-refractivity contribution is 4.87. The average Bonchev–Trinajstić information content (AvgIpc) is 2.39. The van der Waals surface area contributed by atoms with E-state index in [2.05, 4.69) is 4.90 Å². The van der Waals surface area contributed by atoms with Crippen molar-refractivity contribution in [2.75, 3.05) is 33.2 Å². The lowest BCUT2D eigenvalue weighted by molar-refractivity contribution is -0.186. The predicted molar refractivity (Wildman–Crippen MR) is 61.8 cm³/mol. The molecule has 0 saturated carbocycles. The third-order valence-corrected chi connectivity index (χ3v) is 3.42. The number of hydrogen-bond acceptors (Lipinski definition) is 3. The molecule has 0 amide bonds. The summed E-state index contributed by atoms with van der Waals surface area (Å²) < 4.78 is 38.7. The smallest absolute Gasteiger partial charge is 0.329 e. The molecule has 0 aromatic heterocycles. The van der Waals surface area contributed by atoms with Crippen LogP contribution in [0.2, 0.25) is 0 Å². The molecule has 3 nitrogen and oxygen atoms in total. The summed E-state index contributed by atoms with van der Waals surface area (Å²) in [5.41, 5.74) is 5.32. The predicted octanol–water partition coefficient (Wildman–Crippen LogP) is 1.29. The van der Waals surface area contributed by atoms with Crippen LogP contribution in [-0.2, 0) is 0 Å². The number of likely N-dealkylation sites (N-methyl/N-ethyl adjacent to an activating group) is 1. The van der Waals surface area contributed by atoms with Crippen LogP contribution >= 0.6 is 0 Å². The Morgan fingerprint density at radius 1 is 1.35 bits per heavy atom. The van der Waals surface area contributed by atoms with Gasteiger partial charge in [-0.2, -0.15) is 13.2 Å². The van der Waals surface area contributed by atoms with Gasteiger partial charge in [-0.1, -0.05) is 6.92 Å². The molecule has 102 valence electrons. The first-order chi connectivity index (χ1) is 7.90. The largest absolute Gasteiger partial charge is 0.405 e. The first kappa shape index (κ1) is 14.7. The van der Waals surface area contributed by atoms with Gasteiger partial charge in [0.15, 0.2) is 0 Å². The summed E-state index contributed by atoms with van der Waals surface area (Å²) in [6.45, 7) is 3.58. The van der Waals surface area contributed by atoms with Crippen LogP contribution in [-0.4, -0.2) is 61.3 Å². The van der Waals surface area contributed by atoms with E-state index in [1.54, 1.807) is 4.90 Å². The number of alkyl halides is 3. The van der Waals surface area contributed by atoms with Gasteiger partial charge in [0.05, 0.1) is 0 Å². The molecule has 1 heterocycles. The molecule has 1 rings (SSSR count). The highest BCUT2D eigenvalue weighted by Crippen LogP contribution is 2.27. The topological polar surface area (TPSA) is 32.5 Å². The minimum absolute atomic E-state index is 0.0577. The van der Waals surface area contributed by atoms with Crippen LogP contribution < -0.4 is 5.73 Å². The molecule has 17 heavy (non-hydrogen) atoms. The Morgan fingerprint density at radius 2 is 2.00 bits per heavy atom. The molecule has 6 heteroatoms. The maximum Gasteiger partial charge on any atom is 0.405 e. The van der Waals surface area contributed by atoms with E-state index in [9.17, 15) is 13.2 Å². The first-order valence-corrected chi connectivity index (χ1v) is 6.11. The van der Waals surface area contributed by atoms with Crippen LogP contribution in [0.3, 0.4) is 0 Å². The van der Waals surface area contributed by atoms with Crippen LogP contribution in [0.4, 0.5) is 13.2 Å². The van der Waals surface area contributed by atoms with Gasteiger partial charge in [0, 0.05) is 25.7 Å². The van der Waals surface area contributed by atoms with E-state index in [-0.39, 0.29) is 12.6 Å². The van der Waals surface area contributed by atoms with E-state index >= 15 is 0 Å².